The van der Waals surface area contributed by atoms with Gasteiger partial charge in [0.05, 0.1) is 0 Å². The van der Waals surface area contributed by atoms with Crippen molar-refractivity contribution in [2.24, 2.45) is 0 Å². The molecule has 0 bridgehead atoms. The van der Waals surface area contributed by atoms with E-state index in [0.717, 1.165) is 12.8 Å². The van der Waals surface area contributed by atoms with Crippen molar-refractivity contribution in [3.05, 3.63) is 23.1 Å². The van der Waals surface area contributed by atoms with Gasteiger partial charge in [0.2, 0.25) is 0 Å². The standard InChI is InChI=1S/C13H18ClNO2/c1-15(10-6-4-2-3-5-7-10)13(16)11-8-9-12(14)17-11/h8-10H,2-7H2,1H3. The Morgan fingerprint density at radius 2 is 1.94 bits per heavy atom. The molecule has 1 saturated carbocycles. The van der Waals surface area contributed by atoms with Gasteiger partial charge in [-0.05, 0) is 36.6 Å². The summed E-state index contributed by atoms with van der Waals surface area (Å²) in [6.07, 6.45) is 7.17. The zero-order chi connectivity index (χ0) is 12.3. The first-order chi connectivity index (χ1) is 8.18. The van der Waals surface area contributed by atoms with E-state index in [1.807, 2.05) is 7.05 Å². The van der Waals surface area contributed by atoms with E-state index in [4.69, 9.17) is 16.0 Å². The van der Waals surface area contributed by atoms with Gasteiger partial charge in [-0.3, -0.25) is 4.79 Å². The van der Waals surface area contributed by atoms with Gasteiger partial charge in [0.15, 0.2) is 11.0 Å². The summed E-state index contributed by atoms with van der Waals surface area (Å²) < 4.78 is 5.16. The summed E-state index contributed by atoms with van der Waals surface area (Å²) in [6.45, 7) is 0. The molecule has 1 amide bonds. The van der Waals surface area contributed by atoms with Crippen LogP contribution in [0.4, 0.5) is 0 Å². The molecule has 1 aliphatic carbocycles. The van der Waals surface area contributed by atoms with Gasteiger partial charge in [-0.2, -0.15) is 0 Å². The minimum atomic E-state index is -0.0659. The molecule has 1 heterocycles. The van der Waals surface area contributed by atoms with E-state index in [1.54, 1.807) is 17.0 Å². The summed E-state index contributed by atoms with van der Waals surface area (Å²) in [5.41, 5.74) is 0. The van der Waals surface area contributed by atoms with Crippen molar-refractivity contribution in [1.82, 2.24) is 4.90 Å². The molecular formula is C13H18ClNO2. The van der Waals surface area contributed by atoms with E-state index in [0.29, 0.717) is 11.8 Å². The van der Waals surface area contributed by atoms with Crippen molar-refractivity contribution in [2.75, 3.05) is 7.05 Å². The topological polar surface area (TPSA) is 33.5 Å². The van der Waals surface area contributed by atoms with E-state index in [2.05, 4.69) is 0 Å². The average Bonchev–Trinajstić information content (AvgIpc) is 2.60. The average molecular weight is 256 g/mol. The Bertz CT molecular complexity index is 381. The number of carbonyl (C=O) groups excluding carboxylic acids is 1. The lowest BCUT2D eigenvalue weighted by Gasteiger charge is -2.26. The number of hydrogen-bond donors (Lipinski definition) is 0. The van der Waals surface area contributed by atoms with Gasteiger partial charge in [0.1, 0.15) is 0 Å². The Labute approximate surface area is 107 Å². The zero-order valence-electron chi connectivity index (χ0n) is 10.1. The minimum Gasteiger partial charge on any atom is -0.440 e. The molecule has 0 aliphatic heterocycles. The lowest BCUT2D eigenvalue weighted by atomic mass is 10.1. The van der Waals surface area contributed by atoms with Crippen LogP contribution in [0.25, 0.3) is 0 Å². The van der Waals surface area contributed by atoms with E-state index in [1.165, 1.54) is 25.7 Å². The first-order valence-electron chi connectivity index (χ1n) is 6.21. The molecule has 4 heteroatoms. The maximum absolute atomic E-state index is 12.1. The Morgan fingerprint density at radius 3 is 2.47 bits per heavy atom. The highest BCUT2D eigenvalue weighted by Gasteiger charge is 2.23. The maximum Gasteiger partial charge on any atom is 0.289 e. The number of rotatable bonds is 2. The summed E-state index contributed by atoms with van der Waals surface area (Å²) in [5.74, 6) is 0.269. The van der Waals surface area contributed by atoms with Crippen molar-refractivity contribution in [1.29, 1.82) is 0 Å². The number of nitrogens with zero attached hydrogens (tertiary/aromatic N) is 1. The summed E-state index contributed by atoms with van der Waals surface area (Å²) in [5, 5.41) is 0.266. The second kappa shape index (κ2) is 5.58. The third-order valence-electron chi connectivity index (χ3n) is 3.48. The quantitative estimate of drug-likeness (QED) is 0.755. The Hall–Kier alpha value is -0.960. The normalized spacial score (nSPS) is 17.8. The first kappa shape index (κ1) is 12.5. The van der Waals surface area contributed by atoms with Gasteiger partial charge in [0.25, 0.3) is 5.91 Å². The van der Waals surface area contributed by atoms with Crippen LogP contribution in [0.5, 0.6) is 0 Å². The van der Waals surface area contributed by atoms with Gasteiger partial charge in [-0.15, -0.1) is 0 Å². The monoisotopic (exact) mass is 255 g/mol. The van der Waals surface area contributed by atoms with E-state index in [9.17, 15) is 4.79 Å². The SMILES string of the molecule is CN(C(=O)c1ccc(Cl)o1)C1CCCCCC1. The molecule has 1 aliphatic rings. The predicted molar refractivity (Wildman–Crippen MR) is 67.3 cm³/mol. The first-order valence-corrected chi connectivity index (χ1v) is 6.59. The predicted octanol–water partition coefficient (Wildman–Crippen LogP) is 3.73. The highest BCUT2D eigenvalue weighted by Crippen LogP contribution is 2.23. The highest BCUT2D eigenvalue weighted by molar-refractivity contribution is 6.29. The number of carbonyl (C=O) groups is 1. The van der Waals surface area contributed by atoms with Crippen LogP contribution < -0.4 is 0 Å². The molecule has 0 unspecified atom stereocenters. The smallest absolute Gasteiger partial charge is 0.289 e. The minimum absolute atomic E-state index is 0.0659. The molecular weight excluding hydrogens is 238 g/mol. The Balaban J connectivity index is 2.03. The zero-order valence-corrected chi connectivity index (χ0v) is 10.9. The van der Waals surface area contributed by atoms with Crippen molar-refractivity contribution in [3.8, 4) is 0 Å². The molecule has 94 valence electrons. The molecule has 0 N–H and O–H groups in total. The molecule has 0 spiro atoms. The summed E-state index contributed by atoms with van der Waals surface area (Å²) in [6, 6.07) is 3.59. The maximum atomic E-state index is 12.1. The van der Waals surface area contributed by atoms with Crippen LogP contribution in [0.2, 0.25) is 5.22 Å². The van der Waals surface area contributed by atoms with Crippen LogP contribution in [-0.2, 0) is 0 Å². The molecule has 0 atom stereocenters. The summed E-state index contributed by atoms with van der Waals surface area (Å²) >= 11 is 5.68. The van der Waals surface area contributed by atoms with Crippen molar-refractivity contribution in [2.45, 2.75) is 44.6 Å². The van der Waals surface area contributed by atoms with Gasteiger partial charge < -0.3 is 9.32 Å². The van der Waals surface area contributed by atoms with Gasteiger partial charge in [0, 0.05) is 13.1 Å². The second-order valence-corrected chi connectivity index (χ2v) is 5.04. The van der Waals surface area contributed by atoms with E-state index in [-0.39, 0.29) is 11.1 Å². The fourth-order valence-corrected chi connectivity index (χ4v) is 2.56. The van der Waals surface area contributed by atoms with Crippen LogP contribution in [-0.4, -0.2) is 23.9 Å². The van der Waals surface area contributed by atoms with Crippen LogP contribution in [0, 0.1) is 0 Å². The van der Waals surface area contributed by atoms with Gasteiger partial charge in [-0.25, -0.2) is 0 Å². The van der Waals surface area contributed by atoms with Crippen molar-refractivity contribution in [3.63, 3.8) is 0 Å². The van der Waals surface area contributed by atoms with Crippen molar-refractivity contribution >= 4 is 17.5 Å². The Morgan fingerprint density at radius 1 is 1.29 bits per heavy atom. The van der Waals surface area contributed by atoms with Gasteiger partial charge in [-0.1, -0.05) is 25.7 Å². The fourth-order valence-electron chi connectivity index (χ4n) is 2.41. The van der Waals surface area contributed by atoms with Crippen LogP contribution >= 0.6 is 11.6 Å². The molecule has 0 saturated heterocycles. The molecule has 1 aromatic heterocycles. The third-order valence-corrected chi connectivity index (χ3v) is 3.68. The summed E-state index contributed by atoms with van der Waals surface area (Å²) in [7, 11) is 1.86. The molecule has 1 aromatic rings. The van der Waals surface area contributed by atoms with Crippen LogP contribution in [0.1, 0.15) is 49.1 Å². The second-order valence-electron chi connectivity index (χ2n) is 4.67. The summed E-state index contributed by atoms with van der Waals surface area (Å²) in [4.78, 5) is 13.9. The van der Waals surface area contributed by atoms with Crippen LogP contribution in [0.3, 0.4) is 0 Å². The van der Waals surface area contributed by atoms with Gasteiger partial charge >= 0.3 is 0 Å². The number of furan rings is 1. The molecule has 1 fully saturated rings. The molecule has 0 aromatic carbocycles. The highest BCUT2D eigenvalue weighted by atomic mass is 35.5. The van der Waals surface area contributed by atoms with Crippen molar-refractivity contribution < 1.29 is 9.21 Å². The fraction of sp³-hybridized carbons (Fsp3) is 0.615. The lowest BCUT2D eigenvalue weighted by molar-refractivity contribution is 0.0685. The Kier molecular flexibility index (Phi) is 4.11. The van der Waals surface area contributed by atoms with Crippen LogP contribution in [0.15, 0.2) is 16.5 Å². The van der Waals surface area contributed by atoms with E-state index < -0.39 is 0 Å². The number of halogens is 1. The largest absolute Gasteiger partial charge is 0.440 e. The molecule has 17 heavy (non-hydrogen) atoms. The molecule has 0 radical (unpaired) electrons. The van der Waals surface area contributed by atoms with E-state index >= 15 is 0 Å². The number of hydrogen-bond acceptors (Lipinski definition) is 2. The third kappa shape index (κ3) is 3.03. The molecule has 3 nitrogen and oxygen atoms in total. The number of amides is 1. The lowest BCUT2D eigenvalue weighted by Crippen LogP contribution is -2.36. The molecule has 2 rings (SSSR count).